The average molecular weight is 327 g/mol. The Morgan fingerprint density at radius 1 is 1.26 bits per heavy atom. The van der Waals surface area contributed by atoms with E-state index < -0.39 is 0 Å². The lowest BCUT2D eigenvalue weighted by Gasteiger charge is -2.32. The maximum atomic E-state index is 9.69. The van der Waals surface area contributed by atoms with Gasteiger partial charge in [0.15, 0.2) is 5.11 Å². The summed E-state index contributed by atoms with van der Waals surface area (Å²) < 4.78 is 0. The Hall–Kier alpha value is -1.88. The fourth-order valence-electron chi connectivity index (χ4n) is 4.67. The number of nitrogens with one attached hydrogen (secondary N) is 2. The van der Waals surface area contributed by atoms with Crippen LogP contribution in [0.25, 0.3) is 0 Å². The SMILES string of the molecule is Oc1ccccc1/C=N/NC(=S)N[C@H]1C[C@H]2C[C@@H]1[C@H]1C=CC[C@H]21. The normalized spacial score (nSPS) is 34.0. The lowest BCUT2D eigenvalue weighted by Crippen LogP contribution is -2.45. The Bertz CT molecular complexity index is 672. The van der Waals surface area contributed by atoms with Crippen LogP contribution in [0.1, 0.15) is 24.8 Å². The maximum absolute atomic E-state index is 9.69. The van der Waals surface area contributed by atoms with Gasteiger partial charge in [-0.25, -0.2) is 0 Å². The molecule has 0 heterocycles. The maximum Gasteiger partial charge on any atom is 0.187 e. The highest BCUT2D eigenvalue weighted by atomic mass is 32.1. The molecule has 0 aliphatic heterocycles. The highest BCUT2D eigenvalue weighted by Crippen LogP contribution is 2.56. The number of phenolic OH excluding ortho intramolecular Hbond substituents is 1. The first-order valence-corrected chi connectivity index (χ1v) is 8.67. The zero-order chi connectivity index (χ0) is 15.8. The molecule has 1 aromatic carbocycles. The highest BCUT2D eigenvalue weighted by Gasteiger charge is 2.52. The summed E-state index contributed by atoms with van der Waals surface area (Å²) in [6.07, 6.45) is 10.2. The number of hydrazone groups is 1. The zero-order valence-corrected chi connectivity index (χ0v) is 13.7. The fraction of sp³-hybridized carbons (Fsp3) is 0.444. The Kier molecular flexibility index (Phi) is 3.81. The van der Waals surface area contributed by atoms with Crippen LogP contribution in [0.5, 0.6) is 5.75 Å². The van der Waals surface area contributed by atoms with Crippen LogP contribution in [-0.2, 0) is 0 Å². The lowest BCUT2D eigenvalue weighted by molar-refractivity contribution is 0.246. The van der Waals surface area contributed by atoms with E-state index in [1.54, 1.807) is 24.4 Å². The topological polar surface area (TPSA) is 56.7 Å². The number of nitrogens with zero attached hydrogens (tertiary/aromatic N) is 1. The van der Waals surface area contributed by atoms with E-state index in [1.807, 2.05) is 6.07 Å². The van der Waals surface area contributed by atoms with Crippen molar-refractivity contribution in [2.45, 2.75) is 25.3 Å². The van der Waals surface area contributed by atoms with Crippen LogP contribution < -0.4 is 10.7 Å². The summed E-state index contributed by atoms with van der Waals surface area (Å²) in [5.41, 5.74) is 3.53. The smallest absolute Gasteiger partial charge is 0.187 e. The summed E-state index contributed by atoms with van der Waals surface area (Å²) in [7, 11) is 0. The van der Waals surface area contributed by atoms with Gasteiger partial charge in [0.05, 0.1) is 6.21 Å². The molecule has 3 N–H and O–H groups in total. The summed E-state index contributed by atoms with van der Waals surface area (Å²) in [5.74, 6) is 3.41. The van der Waals surface area contributed by atoms with Crippen LogP contribution in [0.15, 0.2) is 41.5 Å². The average Bonchev–Trinajstić information content (AvgIpc) is 3.21. The minimum Gasteiger partial charge on any atom is -0.507 e. The van der Waals surface area contributed by atoms with Crippen molar-refractivity contribution in [3.63, 3.8) is 0 Å². The second kappa shape index (κ2) is 5.96. The third-order valence-corrected chi connectivity index (χ3v) is 5.84. The molecule has 0 amide bonds. The predicted molar refractivity (Wildman–Crippen MR) is 95.3 cm³/mol. The molecular weight excluding hydrogens is 306 g/mol. The van der Waals surface area contributed by atoms with E-state index in [2.05, 4.69) is 28.0 Å². The largest absolute Gasteiger partial charge is 0.507 e. The van der Waals surface area contributed by atoms with Crippen LogP contribution in [0, 0.1) is 23.7 Å². The molecule has 0 saturated heterocycles. The second-order valence-corrected chi connectivity index (χ2v) is 7.22. The number of aromatic hydroxyl groups is 1. The Morgan fingerprint density at radius 2 is 2.13 bits per heavy atom. The number of rotatable bonds is 3. The first-order valence-electron chi connectivity index (χ1n) is 8.26. The van der Waals surface area contributed by atoms with Crippen molar-refractivity contribution in [3.8, 4) is 5.75 Å². The predicted octanol–water partition coefficient (Wildman–Crippen LogP) is 2.79. The van der Waals surface area contributed by atoms with Gasteiger partial charge in [-0.1, -0.05) is 24.3 Å². The molecule has 0 aromatic heterocycles. The number of para-hydroxylation sites is 1. The van der Waals surface area contributed by atoms with Gasteiger partial charge in [0.25, 0.3) is 0 Å². The summed E-state index contributed by atoms with van der Waals surface area (Å²) >= 11 is 5.36. The molecular formula is C18H21N3OS. The number of benzene rings is 1. The standard InChI is InChI=1S/C18H21N3OS/c22-17-7-2-1-4-11(17)10-19-21-18(23)20-16-9-12-8-15(16)14-6-3-5-13(12)14/h1-4,6-7,10,12-16,22H,5,8-9H2,(H2,20,21,23)/b19-10+/t12-,13-,14+,15-,16+/m1/s1. The molecule has 120 valence electrons. The van der Waals surface area contributed by atoms with E-state index in [4.69, 9.17) is 12.2 Å². The van der Waals surface area contributed by atoms with E-state index in [9.17, 15) is 5.11 Å². The van der Waals surface area contributed by atoms with E-state index in [1.165, 1.54) is 19.3 Å². The first kappa shape index (κ1) is 14.7. The number of hydrogen-bond donors (Lipinski definition) is 3. The van der Waals surface area contributed by atoms with Crippen molar-refractivity contribution < 1.29 is 5.11 Å². The molecule has 2 fully saturated rings. The molecule has 23 heavy (non-hydrogen) atoms. The number of fused-ring (bicyclic) bond motifs is 5. The van der Waals surface area contributed by atoms with Crippen molar-refractivity contribution >= 4 is 23.5 Å². The Labute approximate surface area is 141 Å². The third-order valence-electron chi connectivity index (χ3n) is 5.63. The second-order valence-electron chi connectivity index (χ2n) is 6.81. The van der Waals surface area contributed by atoms with Gasteiger partial charge >= 0.3 is 0 Å². The molecule has 0 spiro atoms. The number of hydrogen-bond acceptors (Lipinski definition) is 3. The van der Waals surface area contributed by atoms with Gasteiger partial charge in [0.2, 0.25) is 0 Å². The number of phenols is 1. The molecule has 5 heteroatoms. The molecule has 2 bridgehead atoms. The summed E-state index contributed by atoms with van der Waals surface area (Å²) in [5, 5.41) is 17.8. The van der Waals surface area contributed by atoms with E-state index in [0.29, 0.717) is 22.6 Å². The monoisotopic (exact) mass is 327 g/mol. The van der Waals surface area contributed by atoms with Crippen LogP contribution in [0.2, 0.25) is 0 Å². The van der Waals surface area contributed by atoms with E-state index in [0.717, 1.165) is 17.8 Å². The first-order chi connectivity index (χ1) is 11.2. The van der Waals surface area contributed by atoms with Crippen LogP contribution in [-0.4, -0.2) is 22.5 Å². The molecule has 4 rings (SSSR count). The van der Waals surface area contributed by atoms with Crippen LogP contribution >= 0.6 is 12.2 Å². The summed E-state index contributed by atoms with van der Waals surface area (Å²) in [6.45, 7) is 0. The lowest BCUT2D eigenvalue weighted by atomic mass is 9.79. The van der Waals surface area contributed by atoms with Crippen LogP contribution in [0.3, 0.4) is 0 Å². The number of allylic oxidation sites excluding steroid dienone is 2. The molecule has 1 aromatic rings. The number of thiocarbonyl (C=S) groups is 1. The quantitative estimate of drug-likeness (QED) is 0.346. The van der Waals surface area contributed by atoms with Crippen molar-refractivity contribution in [1.82, 2.24) is 10.7 Å². The van der Waals surface area contributed by atoms with Gasteiger partial charge in [0.1, 0.15) is 5.75 Å². The fourth-order valence-corrected chi connectivity index (χ4v) is 4.87. The van der Waals surface area contributed by atoms with Crippen molar-refractivity contribution in [2.75, 3.05) is 0 Å². The van der Waals surface area contributed by atoms with E-state index >= 15 is 0 Å². The highest BCUT2D eigenvalue weighted by molar-refractivity contribution is 7.80. The zero-order valence-electron chi connectivity index (χ0n) is 12.9. The third kappa shape index (κ3) is 2.74. The van der Waals surface area contributed by atoms with Gasteiger partial charge in [-0.3, -0.25) is 5.43 Å². The molecule has 0 unspecified atom stereocenters. The van der Waals surface area contributed by atoms with Crippen molar-refractivity contribution in [1.29, 1.82) is 0 Å². The van der Waals surface area contributed by atoms with Crippen molar-refractivity contribution in [2.24, 2.45) is 28.8 Å². The molecule has 3 aliphatic carbocycles. The van der Waals surface area contributed by atoms with Gasteiger partial charge in [-0.05, 0) is 67.3 Å². The van der Waals surface area contributed by atoms with Crippen LogP contribution in [0.4, 0.5) is 0 Å². The van der Waals surface area contributed by atoms with Gasteiger partial charge < -0.3 is 10.4 Å². The molecule has 0 radical (unpaired) electrons. The van der Waals surface area contributed by atoms with Gasteiger partial charge in [-0.15, -0.1) is 0 Å². The van der Waals surface area contributed by atoms with E-state index in [-0.39, 0.29) is 5.75 Å². The minimum atomic E-state index is 0.212. The molecule has 4 nitrogen and oxygen atoms in total. The van der Waals surface area contributed by atoms with Gasteiger partial charge in [0, 0.05) is 11.6 Å². The minimum absolute atomic E-state index is 0.212. The van der Waals surface area contributed by atoms with Gasteiger partial charge in [-0.2, -0.15) is 5.10 Å². The molecule has 2 saturated carbocycles. The molecule has 5 atom stereocenters. The molecule has 3 aliphatic rings. The van der Waals surface area contributed by atoms with Crippen molar-refractivity contribution in [3.05, 3.63) is 42.0 Å². The summed E-state index contributed by atoms with van der Waals surface area (Å²) in [4.78, 5) is 0. The summed E-state index contributed by atoms with van der Waals surface area (Å²) in [6, 6.07) is 7.55. The Morgan fingerprint density at radius 3 is 3.00 bits per heavy atom. The Balaban J connectivity index is 1.31.